The average Bonchev–Trinajstić information content (AvgIpc) is 3.30. The lowest BCUT2D eigenvalue weighted by molar-refractivity contribution is -0.117. The van der Waals surface area contributed by atoms with Crippen LogP contribution < -0.4 is 16.0 Å². The molecule has 0 aliphatic carbocycles. The van der Waals surface area contributed by atoms with E-state index in [9.17, 15) is 13.6 Å². The van der Waals surface area contributed by atoms with Crippen LogP contribution in [0, 0.1) is 6.92 Å². The molecule has 0 aromatic carbocycles. The molecular weight excluding hydrogens is 406 g/mol. The molecule has 3 aromatic heterocycles. The van der Waals surface area contributed by atoms with Crippen LogP contribution in [0.1, 0.15) is 30.6 Å². The molecule has 11 heteroatoms. The van der Waals surface area contributed by atoms with Crippen molar-refractivity contribution in [1.29, 1.82) is 0 Å². The maximum Gasteiger partial charge on any atom is 0.303 e. The number of primary amides is 1. The lowest BCUT2D eigenvalue weighted by Crippen LogP contribution is -2.29. The summed E-state index contributed by atoms with van der Waals surface area (Å²) in [5.41, 5.74) is 6.79. The summed E-state index contributed by atoms with van der Waals surface area (Å²) in [6.07, 6.45) is 2.56. The van der Waals surface area contributed by atoms with E-state index < -0.39 is 17.7 Å². The van der Waals surface area contributed by atoms with Crippen molar-refractivity contribution in [2.75, 3.05) is 25.0 Å². The van der Waals surface area contributed by atoms with Crippen LogP contribution in [0.25, 0.3) is 16.7 Å². The van der Waals surface area contributed by atoms with E-state index in [0.717, 1.165) is 31.8 Å². The third-order valence-corrected chi connectivity index (χ3v) is 5.30. The molecule has 1 aliphatic heterocycles. The third-order valence-electron chi connectivity index (χ3n) is 5.30. The minimum absolute atomic E-state index is 0.0386. The highest BCUT2D eigenvalue weighted by atomic mass is 19.3. The molecule has 1 saturated heterocycles. The summed E-state index contributed by atoms with van der Waals surface area (Å²) in [6, 6.07) is 3.62. The van der Waals surface area contributed by atoms with Crippen molar-refractivity contribution >= 4 is 22.6 Å². The van der Waals surface area contributed by atoms with Crippen molar-refractivity contribution < 1.29 is 13.6 Å². The number of hydrogen-bond donors (Lipinski definition) is 2. The van der Waals surface area contributed by atoms with E-state index in [2.05, 4.69) is 25.2 Å². The first-order valence-corrected chi connectivity index (χ1v) is 9.98. The summed E-state index contributed by atoms with van der Waals surface area (Å²) in [7, 11) is 1.92. The maximum atomic E-state index is 14.0. The second-order valence-electron chi connectivity index (χ2n) is 7.87. The summed E-state index contributed by atoms with van der Waals surface area (Å²) >= 11 is 0. The molecule has 0 saturated carbocycles. The van der Waals surface area contributed by atoms with E-state index in [1.165, 1.54) is 4.68 Å². The maximum absolute atomic E-state index is 14.0. The van der Waals surface area contributed by atoms with Crippen molar-refractivity contribution in [3.05, 3.63) is 35.5 Å². The van der Waals surface area contributed by atoms with Crippen LogP contribution in [-0.2, 0) is 17.1 Å². The molecule has 0 bridgehead atoms. The van der Waals surface area contributed by atoms with Gasteiger partial charge in [0, 0.05) is 44.0 Å². The van der Waals surface area contributed by atoms with Gasteiger partial charge in [-0.05, 0) is 26.5 Å². The molecule has 4 rings (SSSR count). The van der Waals surface area contributed by atoms with Crippen molar-refractivity contribution in [3.63, 3.8) is 0 Å². The molecule has 1 aliphatic rings. The summed E-state index contributed by atoms with van der Waals surface area (Å²) < 4.78 is 29.4. The number of rotatable bonds is 6. The van der Waals surface area contributed by atoms with E-state index in [4.69, 9.17) is 10.8 Å². The van der Waals surface area contributed by atoms with Gasteiger partial charge in [0.05, 0.1) is 23.0 Å². The monoisotopic (exact) mass is 430 g/mol. The predicted octanol–water partition coefficient (Wildman–Crippen LogP) is 1.46. The number of likely N-dealkylation sites (N-methyl/N-ethyl adjacent to an activating group) is 1. The van der Waals surface area contributed by atoms with Crippen LogP contribution in [0.5, 0.6) is 0 Å². The van der Waals surface area contributed by atoms with Crippen LogP contribution in [0.4, 0.5) is 14.6 Å². The topological polar surface area (TPSA) is 115 Å². The quantitative estimate of drug-likeness (QED) is 0.608. The van der Waals surface area contributed by atoms with Gasteiger partial charge in [-0.3, -0.25) is 9.78 Å². The van der Waals surface area contributed by atoms with Gasteiger partial charge in [-0.25, -0.2) is 14.6 Å². The van der Waals surface area contributed by atoms with Gasteiger partial charge in [-0.1, -0.05) is 0 Å². The normalized spacial score (nSPS) is 16.9. The molecule has 0 spiro atoms. The zero-order valence-corrected chi connectivity index (χ0v) is 17.6. The number of nitrogens with zero attached hydrogens (tertiary/aromatic N) is 6. The number of alkyl halides is 2. The summed E-state index contributed by atoms with van der Waals surface area (Å²) in [4.78, 5) is 25.8. The molecule has 1 atom stereocenters. The van der Waals surface area contributed by atoms with Gasteiger partial charge in [0.25, 0.3) is 0 Å². The second kappa shape index (κ2) is 7.80. The number of nitrogens with one attached hydrogen (secondary N) is 1. The number of pyridine rings is 1. The predicted molar refractivity (Wildman–Crippen MR) is 111 cm³/mol. The fourth-order valence-corrected chi connectivity index (χ4v) is 3.76. The molecule has 3 aromatic rings. The Bertz CT molecular complexity index is 1140. The largest absolute Gasteiger partial charge is 0.369 e. The van der Waals surface area contributed by atoms with Crippen molar-refractivity contribution in [2.24, 2.45) is 5.73 Å². The Kier molecular flexibility index (Phi) is 5.29. The van der Waals surface area contributed by atoms with Crippen LogP contribution in [0.15, 0.2) is 18.3 Å². The summed E-state index contributed by atoms with van der Waals surface area (Å²) in [6.45, 7) is 3.94. The van der Waals surface area contributed by atoms with Gasteiger partial charge in [0.15, 0.2) is 11.6 Å². The number of amides is 1. The highest BCUT2D eigenvalue weighted by Crippen LogP contribution is 2.31. The smallest absolute Gasteiger partial charge is 0.303 e. The molecule has 31 heavy (non-hydrogen) atoms. The highest BCUT2D eigenvalue weighted by Gasteiger charge is 2.30. The number of aromatic nitrogens is 5. The van der Waals surface area contributed by atoms with E-state index in [1.54, 1.807) is 25.3 Å². The Balaban J connectivity index is 1.89. The third kappa shape index (κ3) is 4.18. The first-order valence-electron chi connectivity index (χ1n) is 9.98. The number of halogens is 2. The zero-order chi connectivity index (χ0) is 22.3. The molecule has 3 N–H and O–H groups in total. The number of carbonyl (C=O) groups is 1. The standard InChI is InChI=1S/C20H24F2N8O/c1-11-6-17(27-19(26-11)20(2,21)22)30-15-7-13(8-16(23)31)25-9-14(15)18(28-30)29-5-4-12(10-29)24-3/h6-7,9,12,24H,4-5,8,10H2,1-3H3,(H2,23,31). The van der Waals surface area contributed by atoms with Crippen LogP contribution in [0.3, 0.4) is 0 Å². The van der Waals surface area contributed by atoms with Gasteiger partial charge < -0.3 is 16.0 Å². The Morgan fingerprint density at radius 1 is 1.35 bits per heavy atom. The van der Waals surface area contributed by atoms with Crippen molar-refractivity contribution in [2.45, 2.75) is 38.7 Å². The fourth-order valence-electron chi connectivity index (χ4n) is 3.76. The van der Waals surface area contributed by atoms with E-state index >= 15 is 0 Å². The number of anilines is 1. The molecule has 1 fully saturated rings. The number of fused-ring (bicyclic) bond motifs is 1. The van der Waals surface area contributed by atoms with Crippen LogP contribution in [0.2, 0.25) is 0 Å². The van der Waals surface area contributed by atoms with Gasteiger partial charge >= 0.3 is 5.92 Å². The van der Waals surface area contributed by atoms with E-state index in [-0.39, 0.29) is 12.2 Å². The minimum atomic E-state index is -3.19. The molecular formula is C20H24F2N8O. The molecule has 9 nitrogen and oxygen atoms in total. The van der Waals surface area contributed by atoms with Crippen LogP contribution >= 0.6 is 0 Å². The minimum Gasteiger partial charge on any atom is -0.369 e. The van der Waals surface area contributed by atoms with Gasteiger partial charge in [0.2, 0.25) is 11.7 Å². The number of aryl methyl sites for hydroxylation is 1. The van der Waals surface area contributed by atoms with Gasteiger partial charge in [0.1, 0.15) is 0 Å². The molecule has 0 radical (unpaired) electrons. The first-order chi connectivity index (χ1) is 14.7. The van der Waals surface area contributed by atoms with E-state index in [0.29, 0.717) is 28.8 Å². The van der Waals surface area contributed by atoms with Gasteiger partial charge in [-0.15, -0.1) is 5.10 Å². The van der Waals surface area contributed by atoms with Crippen molar-refractivity contribution in [1.82, 2.24) is 30.0 Å². The van der Waals surface area contributed by atoms with Crippen LogP contribution in [-0.4, -0.2) is 56.8 Å². The first kappa shape index (κ1) is 21.0. The number of carbonyl (C=O) groups excluding carboxylic acids is 1. The lowest BCUT2D eigenvalue weighted by atomic mass is 10.2. The summed E-state index contributed by atoms with van der Waals surface area (Å²) in [5.74, 6) is -3.37. The number of nitrogens with two attached hydrogens (primary N) is 1. The molecule has 164 valence electrons. The fraction of sp³-hybridized carbons (Fsp3) is 0.450. The Hall–Kier alpha value is -3.21. The summed E-state index contributed by atoms with van der Waals surface area (Å²) in [5, 5.41) is 8.73. The number of hydrogen-bond acceptors (Lipinski definition) is 7. The zero-order valence-electron chi connectivity index (χ0n) is 17.6. The van der Waals surface area contributed by atoms with Crippen molar-refractivity contribution in [3.8, 4) is 5.82 Å². The second-order valence-corrected chi connectivity index (χ2v) is 7.87. The highest BCUT2D eigenvalue weighted by molar-refractivity contribution is 5.92. The Morgan fingerprint density at radius 3 is 2.77 bits per heavy atom. The Labute approximate surface area is 177 Å². The molecule has 4 heterocycles. The average molecular weight is 430 g/mol. The van der Waals surface area contributed by atoms with E-state index in [1.807, 2.05) is 7.05 Å². The Morgan fingerprint density at radius 2 is 2.13 bits per heavy atom. The molecule has 1 unspecified atom stereocenters. The SMILES string of the molecule is CNC1CCN(c2nn(-c3cc(C)nc(C(C)(F)F)n3)c3cc(CC(N)=O)ncc23)C1. The lowest BCUT2D eigenvalue weighted by Gasteiger charge is -2.15. The van der Waals surface area contributed by atoms with Gasteiger partial charge in [-0.2, -0.15) is 8.78 Å². The molecule has 1 amide bonds.